The van der Waals surface area contributed by atoms with Crippen molar-refractivity contribution in [2.45, 2.75) is 90.4 Å². The van der Waals surface area contributed by atoms with Crippen LogP contribution in [0.1, 0.15) is 90.4 Å². The molecule has 4 N–H and O–H groups in total. The van der Waals surface area contributed by atoms with Crippen LogP contribution in [0.5, 0.6) is 0 Å². The summed E-state index contributed by atoms with van der Waals surface area (Å²) in [5.74, 6) is -1.97. The summed E-state index contributed by atoms with van der Waals surface area (Å²) in [5, 5.41) is 0. The Bertz CT molecular complexity index is 266. The van der Waals surface area contributed by atoms with Gasteiger partial charge in [-0.3, -0.25) is 9.59 Å². The Morgan fingerprint density at radius 1 is 0.667 bits per heavy atom. The maximum Gasteiger partial charge on any atom is 0.229 e. The minimum absolute atomic E-state index is 0.502. The molecule has 0 atom stereocenters. The zero-order valence-electron chi connectivity index (χ0n) is 13.7. The zero-order chi connectivity index (χ0) is 15.9. The van der Waals surface area contributed by atoms with Crippen LogP contribution in [0.25, 0.3) is 0 Å². The largest absolute Gasteiger partial charge is 0.369 e. The average molecular weight is 298 g/mol. The second-order valence-electron chi connectivity index (χ2n) is 6.04. The minimum Gasteiger partial charge on any atom is -0.369 e. The molecule has 4 nitrogen and oxygen atoms in total. The van der Waals surface area contributed by atoms with E-state index in [1.165, 1.54) is 64.2 Å². The Morgan fingerprint density at radius 3 is 1.33 bits per heavy atom. The van der Waals surface area contributed by atoms with Gasteiger partial charge in [0.1, 0.15) is 5.92 Å². The lowest BCUT2D eigenvalue weighted by Crippen LogP contribution is -2.34. The van der Waals surface area contributed by atoms with Crippen molar-refractivity contribution in [3.05, 3.63) is 0 Å². The highest BCUT2D eigenvalue weighted by molar-refractivity contribution is 5.98. The Morgan fingerprint density at radius 2 is 1.00 bits per heavy atom. The first-order valence-corrected chi connectivity index (χ1v) is 8.68. The number of carbonyl (C=O) groups is 2. The molecule has 0 saturated carbocycles. The second kappa shape index (κ2) is 13.9. The normalized spacial score (nSPS) is 11.0. The van der Waals surface area contributed by atoms with Crippen molar-refractivity contribution >= 4 is 11.8 Å². The van der Waals surface area contributed by atoms with Crippen LogP contribution in [-0.2, 0) is 9.59 Å². The number of primary amides is 2. The number of hydrogen-bond donors (Lipinski definition) is 2. The molecule has 0 aromatic heterocycles. The topological polar surface area (TPSA) is 86.2 Å². The van der Waals surface area contributed by atoms with E-state index in [9.17, 15) is 9.59 Å². The molecule has 0 fully saturated rings. The summed E-state index contributed by atoms with van der Waals surface area (Å²) in [6.45, 7) is 2.25. The molecule has 0 bridgehead atoms. The van der Waals surface area contributed by atoms with Crippen LogP contribution in [0.3, 0.4) is 0 Å². The van der Waals surface area contributed by atoms with Gasteiger partial charge in [0, 0.05) is 0 Å². The fourth-order valence-corrected chi connectivity index (χ4v) is 2.61. The maximum absolute atomic E-state index is 11.0. The number of rotatable bonds is 15. The van der Waals surface area contributed by atoms with Crippen LogP contribution in [0, 0.1) is 5.92 Å². The standard InChI is InChI=1S/C17H34N2O2/c1-2-3-4-5-6-7-8-9-10-11-12-13-14-15(16(18)20)17(19)21/h15H,2-14H2,1H3,(H2,18,20)(H2,19,21). The molecule has 124 valence electrons. The van der Waals surface area contributed by atoms with Gasteiger partial charge in [0.05, 0.1) is 0 Å². The van der Waals surface area contributed by atoms with Gasteiger partial charge in [0.15, 0.2) is 0 Å². The quantitative estimate of drug-likeness (QED) is 0.357. The summed E-state index contributed by atoms with van der Waals surface area (Å²) in [5.41, 5.74) is 10.3. The van der Waals surface area contributed by atoms with Crippen molar-refractivity contribution < 1.29 is 9.59 Å². The van der Waals surface area contributed by atoms with Crippen LogP contribution in [-0.4, -0.2) is 11.8 Å². The molecule has 0 saturated heterocycles. The predicted molar refractivity (Wildman–Crippen MR) is 87.6 cm³/mol. The first-order chi connectivity index (χ1) is 10.1. The van der Waals surface area contributed by atoms with Crippen LogP contribution in [0.2, 0.25) is 0 Å². The number of hydrogen-bond acceptors (Lipinski definition) is 2. The summed E-state index contributed by atoms with van der Waals surface area (Å²) in [7, 11) is 0. The van der Waals surface area contributed by atoms with Gasteiger partial charge >= 0.3 is 0 Å². The minimum atomic E-state index is -0.784. The van der Waals surface area contributed by atoms with E-state index in [1.807, 2.05) is 0 Å². The van der Waals surface area contributed by atoms with Gasteiger partial charge in [-0.05, 0) is 6.42 Å². The van der Waals surface area contributed by atoms with E-state index in [0.29, 0.717) is 6.42 Å². The molecule has 0 aliphatic rings. The Labute approximate surface area is 130 Å². The molecule has 2 amide bonds. The van der Waals surface area contributed by atoms with E-state index in [4.69, 9.17) is 11.5 Å². The Kier molecular flexibility index (Phi) is 13.2. The van der Waals surface area contributed by atoms with Gasteiger partial charge in [0.25, 0.3) is 0 Å². The third-order valence-electron chi connectivity index (χ3n) is 4.03. The smallest absolute Gasteiger partial charge is 0.229 e. The lowest BCUT2D eigenvalue weighted by Gasteiger charge is -2.08. The van der Waals surface area contributed by atoms with E-state index in [-0.39, 0.29) is 0 Å². The zero-order valence-corrected chi connectivity index (χ0v) is 13.7. The van der Waals surface area contributed by atoms with E-state index < -0.39 is 17.7 Å². The van der Waals surface area contributed by atoms with Crippen molar-refractivity contribution in [3.8, 4) is 0 Å². The molecule has 4 heteroatoms. The summed E-state index contributed by atoms with van der Waals surface area (Å²) in [6.07, 6.45) is 15.6. The van der Waals surface area contributed by atoms with Gasteiger partial charge in [-0.25, -0.2) is 0 Å². The first kappa shape index (κ1) is 19.9. The number of nitrogens with two attached hydrogens (primary N) is 2. The van der Waals surface area contributed by atoms with E-state index in [0.717, 1.165) is 12.8 Å². The van der Waals surface area contributed by atoms with Gasteiger partial charge < -0.3 is 11.5 Å². The highest BCUT2D eigenvalue weighted by atomic mass is 16.2. The SMILES string of the molecule is CCCCCCCCCCCCCCC(C(N)=O)C(N)=O. The Hall–Kier alpha value is -1.06. The average Bonchev–Trinajstić information content (AvgIpc) is 2.43. The maximum atomic E-state index is 11.0. The third-order valence-corrected chi connectivity index (χ3v) is 4.03. The van der Waals surface area contributed by atoms with Crippen LogP contribution in [0.4, 0.5) is 0 Å². The van der Waals surface area contributed by atoms with E-state index >= 15 is 0 Å². The third kappa shape index (κ3) is 12.4. The fraction of sp³-hybridized carbons (Fsp3) is 0.882. The molecular formula is C17H34N2O2. The summed E-state index contributed by atoms with van der Waals surface area (Å²) >= 11 is 0. The lowest BCUT2D eigenvalue weighted by atomic mass is 9.99. The molecule has 0 heterocycles. The second-order valence-corrected chi connectivity index (χ2v) is 6.04. The van der Waals surface area contributed by atoms with Crippen molar-refractivity contribution in [3.63, 3.8) is 0 Å². The van der Waals surface area contributed by atoms with E-state index in [1.54, 1.807) is 0 Å². The molecule has 0 radical (unpaired) electrons. The van der Waals surface area contributed by atoms with Crippen molar-refractivity contribution in [1.29, 1.82) is 0 Å². The molecule has 0 rings (SSSR count). The van der Waals surface area contributed by atoms with Crippen molar-refractivity contribution in [2.75, 3.05) is 0 Å². The van der Waals surface area contributed by atoms with Gasteiger partial charge in [-0.2, -0.15) is 0 Å². The monoisotopic (exact) mass is 298 g/mol. The fourth-order valence-electron chi connectivity index (χ4n) is 2.61. The van der Waals surface area contributed by atoms with Gasteiger partial charge in [-0.1, -0.05) is 84.0 Å². The van der Waals surface area contributed by atoms with E-state index in [2.05, 4.69) is 6.92 Å². The lowest BCUT2D eigenvalue weighted by molar-refractivity contribution is -0.131. The van der Waals surface area contributed by atoms with Gasteiger partial charge in [0.2, 0.25) is 11.8 Å². The molecule has 0 aromatic rings. The van der Waals surface area contributed by atoms with Crippen molar-refractivity contribution in [1.82, 2.24) is 0 Å². The number of unbranched alkanes of at least 4 members (excludes halogenated alkanes) is 11. The van der Waals surface area contributed by atoms with Crippen LogP contribution >= 0.6 is 0 Å². The molecule has 21 heavy (non-hydrogen) atoms. The number of carbonyl (C=O) groups excluding carboxylic acids is 2. The van der Waals surface area contributed by atoms with Gasteiger partial charge in [-0.15, -0.1) is 0 Å². The highest BCUT2D eigenvalue weighted by Crippen LogP contribution is 2.14. The summed E-state index contributed by atoms with van der Waals surface area (Å²) < 4.78 is 0. The molecule has 0 aliphatic heterocycles. The summed E-state index contributed by atoms with van der Waals surface area (Å²) in [6, 6.07) is 0. The van der Waals surface area contributed by atoms with Crippen LogP contribution in [0.15, 0.2) is 0 Å². The highest BCUT2D eigenvalue weighted by Gasteiger charge is 2.20. The van der Waals surface area contributed by atoms with Crippen LogP contribution < -0.4 is 11.5 Å². The molecule has 0 aliphatic carbocycles. The predicted octanol–water partition coefficient (Wildman–Crippen LogP) is 3.66. The molecule has 0 spiro atoms. The van der Waals surface area contributed by atoms with Crippen molar-refractivity contribution in [2.24, 2.45) is 17.4 Å². The Balaban J connectivity index is 3.29. The first-order valence-electron chi connectivity index (χ1n) is 8.68. The molecule has 0 aromatic carbocycles. The summed E-state index contributed by atoms with van der Waals surface area (Å²) in [4.78, 5) is 22.0. The molecular weight excluding hydrogens is 264 g/mol. The number of amides is 2. The molecule has 0 unspecified atom stereocenters.